The third kappa shape index (κ3) is 2.93. The topological polar surface area (TPSA) is 67.0 Å². The van der Waals surface area contributed by atoms with Crippen LogP contribution in [0.2, 0.25) is 0 Å². The number of anilines is 1. The van der Waals surface area contributed by atoms with Crippen molar-refractivity contribution in [2.45, 2.75) is 26.2 Å². The lowest BCUT2D eigenvalue weighted by molar-refractivity contribution is 0.102. The fourth-order valence-corrected chi connectivity index (χ4v) is 4.23. The fourth-order valence-electron chi connectivity index (χ4n) is 3.25. The predicted octanol–water partition coefficient (Wildman–Crippen LogP) is 4.20. The van der Waals surface area contributed by atoms with Crippen LogP contribution < -0.4 is 10.1 Å². The Labute approximate surface area is 150 Å². The lowest BCUT2D eigenvalue weighted by Crippen LogP contribution is -2.12. The Morgan fingerprint density at radius 3 is 2.84 bits per heavy atom. The maximum atomic E-state index is 12.8. The molecule has 3 aromatic rings. The monoisotopic (exact) mass is 353 g/mol. The molecule has 1 aliphatic rings. The van der Waals surface area contributed by atoms with Gasteiger partial charge in [-0.2, -0.15) is 0 Å². The zero-order valence-corrected chi connectivity index (χ0v) is 15.0. The SMILES string of the molecule is COc1ccc(NC(=O)c2c[nH]c3c2-c2nc(C)sc2CCC3)cc1. The zero-order valence-electron chi connectivity index (χ0n) is 14.2. The second-order valence-corrected chi connectivity index (χ2v) is 7.38. The summed E-state index contributed by atoms with van der Waals surface area (Å²) in [5.41, 5.74) is 4.42. The molecule has 1 aromatic carbocycles. The van der Waals surface area contributed by atoms with Gasteiger partial charge in [-0.15, -0.1) is 11.3 Å². The Morgan fingerprint density at radius 1 is 1.28 bits per heavy atom. The molecule has 6 heteroatoms. The van der Waals surface area contributed by atoms with E-state index in [4.69, 9.17) is 9.72 Å². The molecular formula is C19H19N3O2S. The van der Waals surface area contributed by atoms with Gasteiger partial charge in [-0.05, 0) is 50.5 Å². The molecular weight excluding hydrogens is 334 g/mol. The first-order valence-corrected chi connectivity index (χ1v) is 9.09. The van der Waals surface area contributed by atoms with Crippen LogP contribution in [0, 0.1) is 6.92 Å². The van der Waals surface area contributed by atoms with Crippen molar-refractivity contribution in [3.8, 4) is 17.0 Å². The molecule has 0 spiro atoms. The highest BCUT2D eigenvalue weighted by atomic mass is 32.1. The number of nitrogens with zero attached hydrogens (tertiary/aromatic N) is 1. The largest absolute Gasteiger partial charge is 0.497 e. The van der Waals surface area contributed by atoms with E-state index < -0.39 is 0 Å². The molecule has 5 nitrogen and oxygen atoms in total. The normalized spacial score (nSPS) is 12.9. The number of aryl methyl sites for hydroxylation is 3. The van der Waals surface area contributed by atoms with Gasteiger partial charge < -0.3 is 15.0 Å². The first-order valence-electron chi connectivity index (χ1n) is 8.28. The predicted molar refractivity (Wildman–Crippen MR) is 99.6 cm³/mol. The molecule has 2 aromatic heterocycles. The molecule has 2 heterocycles. The number of hydrogen-bond acceptors (Lipinski definition) is 4. The van der Waals surface area contributed by atoms with E-state index in [0.717, 1.165) is 52.7 Å². The highest BCUT2D eigenvalue weighted by Gasteiger charge is 2.25. The lowest BCUT2D eigenvalue weighted by Gasteiger charge is -2.07. The Morgan fingerprint density at radius 2 is 2.08 bits per heavy atom. The zero-order chi connectivity index (χ0) is 17.4. The molecule has 0 saturated carbocycles. The molecule has 2 N–H and O–H groups in total. The quantitative estimate of drug-likeness (QED) is 0.742. The number of carbonyl (C=O) groups is 1. The Hall–Kier alpha value is -2.60. The number of amides is 1. The van der Waals surface area contributed by atoms with Crippen molar-refractivity contribution in [3.63, 3.8) is 0 Å². The van der Waals surface area contributed by atoms with Gasteiger partial charge in [-0.25, -0.2) is 4.98 Å². The van der Waals surface area contributed by atoms with Gasteiger partial charge in [0, 0.05) is 28.0 Å². The molecule has 0 saturated heterocycles. The van der Waals surface area contributed by atoms with E-state index in [2.05, 4.69) is 10.3 Å². The van der Waals surface area contributed by atoms with Gasteiger partial charge >= 0.3 is 0 Å². The third-order valence-electron chi connectivity index (χ3n) is 4.43. The van der Waals surface area contributed by atoms with Crippen molar-refractivity contribution in [3.05, 3.63) is 51.6 Å². The highest BCUT2D eigenvalue weighted by molar-refractivity contribution is 7.12. The minimum Gasteiger partial charge on any atom is -0.497 e. The van der Waals surface area contributed by atoms with Crippen molar-refractivity contribution in [1.29, 1.82) is 0 Å². The number of hydrogen-bond donors (Lipinski definition) is 2. The van der Waals surface area contributed by atoms with Crippen molar-refractivity contribution >= 4 is 22.9 Å². The fraction of sp³-hybridized carbons (Fsp3) is 0.263. The summed E-state index contributed by atoms with van der Waals surface area (Å²) < 4.78 is 5.15. The van der Waals surface area contributed by atoms with Crippen LogP contribution in [0.5, 0.6) is 5.75 Å². The molecule has 1 aliphatic carbocycles. The van der Waals surface area contributed by atoms with E-state index in [1.54, 1.807) is 24.6 Å². The van der Waals surface area contributed by atoms with Gasteiger partial charge in [-0.3, -0.25) is 4.79 Å². The van der Waals surface area contributed by atoms with Crippen LogP contribution in [0.4, 0.5) is 5.69 Å². The summed E-state index contributed by atoms with van der Waals surface area (Å²) in [6, 6.07) is 7.32. The van der Waals surface area contributed by atoms with Crippen LogP contribution in [0.25, 0.3) is 11.3 Å². The summed E-state index contributed by atoms with van der Waals surface area (Å²) in [4.78, 5) is 22.1. The van der Waals surface area contributed by atoms with Crippen LogP contribution in [-0.4, -0.2) is 23.0 Å². The first kappa shape index (κ1) is 15.9. The van der Waals surface area contributed by atoms with Gasteiger partial charge in [0.15, 0.2) is 0 Å². The van der Waals surface area contributed by atoms with Crippen LogP contribution in [0.15, 0.2) is 30.5 Å². The highest BCUT2D eigenvalue weighted by Crippen LogP contribution is 2.37. The maximum Gasteiger partial charge on any atom is 0.257 e. The third-order valence-corrected chi connectivity index (χ3v) is 5.46. The number of carbonyl (C=O) groups excluding carboxylic acids is 1. The number of methoxy groups -OCH3 is 1. The van der Waals surface area contributed by atoms with Gasteiger partial charge in [0.2, 0.25) is 0 Å². The number of benzene rings is 1. The summed E-state index contributed by atoms with van der Waals surface area (Å²) in [5, 5.41) is 4.01. The summed E-state index contributed by atoms with van der Waals surface area (Å²) in [5.74, 6) is 0.636. The minimum absolute atomic E-state index is 0.124. The number of nitrogens with one attached hydrogen (secondary N) is 2. The molecule has 0 aliphatic heterocycles. The molecule has 128 valence electrons. The number of fused-ring (bicyclic) bond motifs is 3. The molecule has 25 heavy (non-hydrogen) atoms. The van der Waals surface area contributed by atoms with Gasteiger partial charge in [-0.1, -0.05) is 0 Å². The van der Waals surface area contributed by atoms with Gasteiger partial charge in [0.05, 0.1) is 23.4 Å². The van der Waals surface area contributed by atoms with E-state index in [1.165, 1.54) is 4.88 Å². The molecule has 0 atom stereocenters. The number of aromatic amines is 1. The Balaban J connectivity index is 1.68. The van der Waals surface area contributed by atoms with Crippen LogP contribution in [-0.2, 0) is 12.8 Å². The summed E-state index contributed by atoms with van der Waals surface area (Å²) in [6.45, 7) is 2.02. The summed E-state index contributed by atoms with van der Waals surface area (Å²) in [7, 11) is 1.62. The van der Waals surface area contributed by atoms with Crippen molar-refractivity contribution < 1.29 is 9.53 Å². The average Bonchev–Trinajstić information content (AvgIpc) is 3.15. The molecule has 0 fully saturated rings. The summed E-state index contributed by atoms with van der Waals surface area (Å²) in [6.07, 6.45) is 4.82. The number of ether oxygens (including phenoxy) is 1. The molecule has 0 unspecified atom stereocenters. The van der Waals surface area contributed by atoms with E-state index in [9.17, 15) is 4.79 Å². The van der Waals surface area contributed by atoms with Crippen LogP contribution in [0.1, 0.15) is 32.4 Å². The van der Waals surface area contributed by atoms with E-state index >= 15 is 0 Å². The van der Waals surface area contributed by atoms with Crippen LogP contribution in [0.3, 0.4) is 0 Å². The first-order chi connectivity index (χ1) is 12.2. The maximum absolute atomic E-state index is 12.8. The summed E-state index contributed by atoms with van der Waals surface area (Å²) >= 11 is 1.73. The van der Waals surface area contributed by atoms with Gasteiger partial charge in [0.25, 0.3) is 5.91 Å². The van der Waals surface area contributed by atoms with Crippen molar-refractivity contribution in [2.75, 3.05) is 12.4 Å². The Kier molecular flexibility index (Phi) is 4.05. The molecule has 0 bridgehead atoms. The number of aromatic nitrogens is 2. The molecule has 4 rings (SSSR count). The van der Waals surface area contributed by atoms with Gasteiger partial charge in [0.1, 0.15) is 5.75 Å². The minimum atomic E-state index is -0.124. The van der Waals surface area contributed by atoms with Crippen molar-refractivity contribution in [2.24, 2.45) is 0 Å². The van der Waals surface area contributed by atoms with E-state index in [0.29, 0.717) is 5.56 Å². The van der Waals surface area contributed by atoms with E-state index in [-0.39, 0.29) is 5.91 Å². The Bertz CT molecular complexity index is 925. The number of rotatable bonds is 3. The molecule has 0 radical (unpaired) electrons. The average molecular weight is 353 g/mol. The van der Waals surface area contributed by atoms with Crippen LogP contribution >= 0.6 is 11.3 Å². The number of thiazole rings is 1. The number of H-pyrrole nitrogens is 1. The smallest absolute Gasteiger partial charge is 0.257 e. The standard InChI is InChI=1S/C19H19N3O2S/c1-11-21-18-16(25-11)5-3-4-15-17(18)14(10-20-15)19(23)22-12-6-8-13(24-2)9-7-12/h6-10,20H,3-5H2,1-2H3,(H,22,23). The van der Waals surface area contributed by atoms with Crippen molar-refractivity contribution in [1.82, 2.24) is 9.97 Å². The molecule has 1 amide bonds. The second kappa shape index (κ2) is 6.37. The van der Waals surface area contributed by atoms with E-state index in [1.807, 2.05) is 31.2 Å². The second-order valence-electron chi connectivity index (χ2n) is 6.10. The lowest BCUT2D eigenvalue weighted by atomic mass is 10.1.